The number of hydrogen-bond donors (Lipinski definition) is 0. The number of hydrogen-bond acceptors (Lipinski definition) is 2. The molecule has 2 nitrogen and oxygen atoms in total. The van der Waals surface area contributed by atoms with Gasteiger partial charge in [-0.25, -0.2) is 0 Å². The van der Waals surface area contributed by atoms with Gasteiger partial charge in [0.15, 0.2) is 6.29 Å². The molecule has 1 aromatic rings. The lowest BCUT2D eigenvalue weighted by atomic mass is 9.98. The number of benzene rings is 1. The Labute approximate surface area is 97.6 Å². The van der Waals surface area contributed by atoms with Crippen molar-refractivity contribution in [3.05, 3.63) is 35.9 Å². The molecule has 0 radical (unpaired) electrons. The molecule has 0 spiro atoms. The van der Waals surface area contributed by atoms with E-state index >= 15 is 0 Å². The Morgan fingerprint density at radius 1 is 1.31 bits per heavy atom. The molecule has 2 rings (SSSR count). The Morgan fingerprint density at radius 2 is 2.06 bits per heavy atom. The molecule has 1 aromatic carbocycles. The van der Waals surface area contributed by atoms with Crippen LogP contribution in [0.25, 0.3) is 0 Å². The Balaban J connectivity index is 1.91. The largest absolute Gasteiger partial charge is 0.353 e. The van der Waals surface area contributed by atoms with E-state index in [1.54, 1.807) is 0 Å². The summed E-state index contributed by atoms with van der Waals surface area (Å²) in [6, 6.07) is 10.5. The van der Waals surface area contributed by atoms with Gasteiger partial charge in [-0.2, -0.15) is 0 Å². The van der Waals surface area contributed by atoms with Crippen LogP contribution in [0.15, 0.2) is 30.3 Å². The van der Waals surface area contributed by atoms with E-state index in [2.05, 4.69) is 38.1 Å². The van der Waals surface area contributed by atoms with Gasteiger partial charge in [-0.05, 0) is 25.8 Å². The summed E-state index contributed by atoms with van der Waals surface area (Å²) in [5, 5.41) is 0. The summed E-state index contributed by atoms with van der Waals surface area (Å²) in [6.45, 7) is 5.09. The molecule has 16 heavy (non-hydrogen) atoms. The quantitative estimate of drug-likeness (QED) is 0.776. The predicted molar refractivity (Wildman–Crippen MR) is 64.3 cm³/mol. The van der Waals surface area contributed by atoms with Crippen LogP contribution in [0.3, 0.4) is 0 Å². The van der Waals surface area contributed by atoms with Crippen LogP contribution >= 0.6 is 0 Å². The second kappa shape index (κ2) is 4.98. The third-order valence-electron chi connectivity index (χ3n) is 2.81. The van der Waals surface area contributed by atoms with Crippen LogP contribution in [-0.4, -0.2) is 18.5 Å². The maximum absolute atomic E-state index is 5.98. The van der Waals surface area contributed by atoms with Crippen molar-refractivity contribution in [3.8, 4) is 0 Å². The van der Waals surface area contributed by atoms with Crippen LogP contribution in [0.2, 0.25) is 0 Å². The minimum Gasteiger partial charge on any atom is -0.353 e. The molecule has 2 heteroatoms. The first kappa shape index (κ1) is 11.6. The van der Waals surface area contributed by atoms with Gasteiger partial charge in [-0.1, -0.05) is 30.3 Å². The molecular formula is C14H20O2. The predicted octanol–water partition coefficient (Wildman–Crippen LogP) is 3.16. The van der Waals surface area contributed by atoms with Crippen LogP contribution in [0.5, 0.6) is 0 Å². The van der Waals surface area contributed by atoms with E-state index in [4.69, 9.17) is 9.47 Å². The van der Waals surface area contributed by atoms with Crippen molar-refractivity contribution in [3.63, 3.8) is 0 Å². The van der Waals surface area contributed by atoms with E-state index in [1.807, 2.05) is 6.07 Å². The Kier molecular flexibility index (Phi) is 3.62. The van der Waals surface area contributed by atoms with Gasteiger partial charge in [0.25, 0.3) is 0 Å². The lowest BCUT2D eigenvalue weighted by Gasteiger charge is -2.28. The molecule has 0 saturated carbocycles. The second-order valence-corrected chi connectivity index (χ2v) is 4.98. The molecule has 0 amide bonds. The van der Waals surface area contributed by atoms with Crippen molar-refractivity contribution >= 4 is 0 Å². The monoisotopic (exact) mass is 220 g/mol. The van der Waals surface area contributed by atoms with E-state index in [0.29, 0.717) is 0 Å². The van der Waals surface area contributed by atoms with Crippen molar-refractivity contribution in [2.45, 2.75) is 45.0 Å². The van der Waals surface area contributed by atoms with Gasteiger partial charge in [0.2, 0.25) is 0 Å². The Morgan fingerprint density at radius 3 is 2.69 bits per heavy atom. The van der Waals surface area contributed by atoms with Crippen LogP contribution in [-0.2, 0) is 15.9 Å². The smallest absolute Gasteiger partial charge is 0.158 e. The Hall–Kier alpha value is -0.860. The number of ether oxygens (including phenoxy) is 2. The molecule has 0 aromatic heterocycles. The highest BCUT2D eigenvalue weighted by atomic mass is 16.7. The molecule has 0 N–H and O–H groups in total. The molecule has 1 atom stereocenters. The van der Waals surface area contributed by atoms with Gasteiger partial charge in [0.1, 0.15) is 0 Å². The molecule has 0 bridgehead atoms. The van der Waals surface area contributed by atoms with Crippen LogP contribution in [0.1, 0.15) is 32.3 Å². The maximum Gasteiger partial charge on any atom is 0.158 e. The van der Waals surface area contributed by atoms with Gasteiger partial charge >= 0.3 is 0 Å². The van der Waals surface area contributed by atoms with Gasteiger partial charge in [0, 0.05) is 19.4 Å². The summed E-state index contributed by atoms with van der Waals surface area (Å²) in [4.78, 5) is 0. The third-order valence-corrected chi connectivity index (χ3v) is 2.81. The highest BCUT2D eigenvalue weighted by Crippen LogP contribution is 2.23. The van der Waals surface area contributed by atoms with Crippen molar-refractivity contribution < 1.29 is 9.47 Å². The standard InChI is InChI=1S/C14H20O2/c1-14(2,16-13-9-6-10-15-13)11-12-7-4-3-5-8-12/h3-5,7-8,13H,6,9-11H2,1-2H3. The summed E-state index contributed by atoms with van der Waals surface area (Å²) in [6.07, 6.45) is 3.07. The molecule has 1 aliphatic rings. The minimum atomic E-state index is -0.156. The van der Waals surface area contributed by atoms with Gasteiger partial charge < -0.3 is 9.47 Å². The first-order valence-corrected chi connectivity index (χ1v) is 5.99. The lowest BCUT2D eigenvalue weighted by molar-refractivity contribution is -0.177. The minimum absolute atomic E-state index is 0.00119. The fourth-order valence-electron chi connectivity index (χ4n) is 2.13. The summed E-state index contributed by atoms with van der Waals surface area (Å²) < 4.78 is 11.5. The normalized spacial score (nSPS) is 21.2. The zero-order chi connectivity index (χ0) is 11.4. The molecule has 1 fully saturated rings. The molecule has 1 unspecified atom stereocenters. The molecular weight excluding hydrogens is 200 g/mol. The van der Waals surface area contributed by atoms with Crippen molar-refractivity contribution in [2.75, 3.05) is 6.61 Å². The maximum atomic E-state index is 5.98. The fraction of sp³-hybridized carbons (Fsp3) is 0.571. The highest BCUT2D eigenvalue weighted by molar-refractivity contribution is 5.16. The number of rotatable bonds is 4. The molecule has 0 aliphatic carbocycles. The van der Waals surface area contributed by atoms with Crippen molar-refractivity contribution in [1.82, 2.24) is 0 Å². The SMILES string of the molecule is CC(C)(Cc1ccccc1)OC1CCCO1. The first-order chi connectivity index (χ1) is 7.66. The third kappa shape index (κ3) is 3.32. The summed E-state index contributed by atoms with van der Waals surface area (Å²) >= 11 is 0. The average Bonchev–Trinajstić information content (AvgIpc) is 2.70. The zero-order valence-corrected chi connectivity index (χ0v) is 10.1. The zero-order valence-electron chi connectivity index (χ0n) is 10.1. The van der Waals surface area contributed by atoms with Crippen molar-refractivity contribution in [1.29, 1.82) is 0 Å². The summed E-state index contributed by atoms with van der Waals surface area (Å²) in [5.41, 5.74) is 1.15. The van der Waals surface area contributed by atoms with E-state index in [9.17, 15) is 0 Å². The van der Waals surface area contributed by atoms with E-state index in [1.165, 1.54) is 5.56 Å². The van der Waals surface area contributed by atoms with Gasteiger partial charge in [-0.3, -0.25) is 0 Å². The van der Waals surface area contributed by atoms with Crippen LogP contribution in [0, 0.1) is 0 Å². The molecule has 1 aliphatic heterocycles. The summed E-state index contributed by atoms with van der Waals surface area (Å²) in [5.74, 6) is 0. The lowest BCUT2D eigenvalue weighted by Crippen LogP contribution is -2.32. The second-order valence-electron chi connectivity index (χ2n) is 4.98. The molecule has 88 valence electrons. The summed E-state index contributed by atoms with van der Waals surface area (Å²) in [7, 11) is 0. The van der Waals surface area contributed by atoms with Crippen LogP contribution in [0.4, 0.5) is 0 Å². The van der Waals surface area contributed by atoms with E-state index in [0.717, 1.165) is 25.9 Å². The Bertz CT molecular complexity index is 313. The van der Waals surface area contributed by atoms with E-state index < -0.39 is 0 Å². The van der Waals surface area contributed by atoms with Crippen LogP contribution < -0.4 is 0 Å². The molecule has 1 heterocycles. The fourth-order valence-corrected chi connectivity index (χ4v) is 2.13. The molecule has 1 saturated heterocycles. The topological polar surface area (TPSA) is 18.5 Å². The average molecular weight is 220 g/mol. The van der Waals surface area contributed by atoms with E-state index in [-0.39, 0.29) is 11.9 Å². The van der Waals surface area contributed by atoms with Crippen molar-refractivity contribution in [2.24, 2.45) is 0 Å². The van der Waals surface area contributed by atoms with Gasteiger partial charge in [0.05, 0.1) is 5.60 Å². The first-order valence-electron chi connectivity index (χ1n) is 5.99. The van der Waals surface area contributed by atoms with Gasteiger partial charge in [-0.15, -0.1) is 0 Å². The highest BCUT2D eigenvalue weighted by Gasteiger charge is 2.26.